The molecule has 1 aliphatic heterocycles. The van der Waals surface area contributed by atoms with Gasteiger partial charge in [-0.25, -0.2) is 0 Å². The predicted molar refractivity (Wildman–Crippen MR) is 77.4 cm³/mol. The first kappa shape index (κ1) is 14.5. The van der Waals surface area contributed by atoms with Gasteiger partial charge in [0.15, 0.2) is 0 Å². The second kappa shape index (κ2) is 6.04. The highest BCUT2D eigenvalue weighted by Gasteiger charge is 2.28. The molecule has 1 heterocycles. The molecule has 0 amide bonds. The van der Waals surface area contributed by atoms with Crippen molar-refractivity contribution in [3.63, 3.8) is 0 Å². The summed E-state index contributed by atoms with van der Waals surface area (Å²) in [5.41, 5.74) is 3.74. The Balaban J connectivity index is 1.81. The van der Waals surface area contributed by atoms with E-state index in [0.29, 0.717) is 13.2 Å². The summed E-state index contributed by atoms with van der Waals surface area (Å²) in [6.45, 7) is 11.5. The van der Waals surface area contributed by atoms with Crippen LogP contribution in [0.3, 0.4) is 0 Å². The summed E-state index contributed by atoms with van der Waals surface area (Å²) < 4.78 is 11.8. The van der Waals surface area contributed by atoms with E-state index in [9.17, 15) is 0 Å². The van der Waals surface area contributed by atoms with Gasteiger partial charge in [0, 0.05) is 13.1 Å². The molecule has 106 valence electrons. The van der Waals surface area contributed by atoms with Crippen LogP contribution in [0.1, 0.15) is 30.5 Å². The maximum Gasteiger partial charge on any atom is 0.0940 e. The molecule has 3 nitrogen and oxygen atoms in total. The Bertz CT molecular complexity index is 429. The monoisotopic (exact) mass is 263 g/mol. The zero-order valence-corrected chi connectivity index (χ0v) is 12.5. The third-order valence-corrected chi connectivity index (χ3v) is 3.47. The average molecular weight is 263 g/mol. The Labute approximate surface area is 116 Å². The van der Waals surface area contributed by atoms with Gasteiger partial charge in [-0.05, 0) is 38.8 Å². The molecule has 1 N–H and O–H groups in total. The lowest BCUT2D eigenvalue weighted by molar-refractivity contribution is -0.122. The lowest BCUT2D eigenvalue weighted by Gasteiger charge is -2.36. The van der Waals surface area contributed by atoms with Crippen molar-refractivity contribution in [2.45, 2.75) is 46.0 Å². The molecule has 0 aliphatic carbocycles. The molecule has 2 rings (SSSR count). The fourth-order valence-corrected chi connectivity index (χ4v) is 2.42. The van der Waals surface area contributed by atoms with Gasteiger partial charge < -0.3 is 14.8 Å². The minimum atomic E-state index is -0.0917. The number of morpholine rings is 1. The molecule has 0 aromatic heterocycles. The van der Waals surface area contributed by atoms with E-state index in [-0.39, 0.29) is 11.7 Å². The normalized spacial score (nSPS) is 22.4. The Kier molecular flexibility index (Phi) is 4.61. The minimum Gasteiger partial charge on any atom is -0.374 e. The van der Waals surface area contributed by atoms with E-state index in [1.54, 1.807) is 0 Å². The van der Waals surface area contributed by atoms with Gasteiger partial charge in [0.05, 0.1) is 24.9 Å². The van der Waals surface area contributed by atoms with Crippen LogP contribution < -0.4 is 5.32 Å². The van der Waals surface area contributed by atoms with Crippen LogP contribution in [0, 0.1) is 13.8 Å². The van der Waals surface area contributed by atoms with E-state index in [1.807, 2.05) is 0 Å². The maximum atomic E-state index is 5.98. The summed E-state index contributed by atoms with van der Waals surface area (Å²) in [7, 11) is 0. The summed E-state index contributed by atoms with van der Waals surface area (Å²) in [5, 5.41) is 3.39. The van der Waals surface area contributed by atoms with E-state index >= 15 is 0 Å². The molecule has 3 heteroatoms. The highest BCUT2D eigenvalue weighted by atomic mass is 16.5. The van der Waals surface area contributed by atoms with Crippen LogP contribution in [0.5, 0.6) is 0 Å². The van der Waals surface area contributed by atoms with Crippen molar-refractivity contribution in [3.05, 3.63) is 34.9 Å². The molecule has 19 heavy (non-hydrogen) atoms. The largest absolute Gasteiger partial charge is 0.374 e. The number of rotatable bonds is 4. The van der Waals surface area contributed by atoms with Crippen molar-refractivity contribution in [3.8, 4) is 0 Å². The van der Waals surface area contributed by atoms with Gasteiger partial charge in [-0.3, -0.25) is 0 Å². The van der Waals surface area contributed by atoms with Crippen LogP contribution in [0.4, 0.5) is 0 Å². The van der Waals surface area contributed by atoms with Crippen LogP contribution in [0.25, 0.3) is 0 Å². The number of hydrogen-bond acceptors (Lipinski definition) is 3. The van der Waals surface area contributed by atoms with Crippen molar-refractivity contribution < 1.29 is 9.47 Å². The SMILES string of the molecule is Cc1ccc(C)c(COCC2CNCC(C)(C)O2)c1. The van der Waals surface area contributed by atoms with Crippen LogP contribution in [-0.4, -0.2) is 31.4 Å². The maximum absolute atomic E-state index is 5.98. The summed E-state index contributed by atoms with van der Waals surface area (Å²) in [6, 6.07) is 6.48. The average Bonchev–Trinajstić information content (AvgIpc) is 2.32. The number of benzene rings is 1. The smallest absolute Gasteiger partial charge is 0.0940 e. The molecule has 1 unspecified atom stereocenters. The summed E-state index contributed by atoms with van der Waals surface area (Å²) in [5.74, 6) is 0. The van der Waals surface area contributed by atoms with Crippen molar-refractivity contribution in [1.82, 2.24) is 5.32 Å². The Morgan fingerprint density at radius 3 is 2.89 bits per heavy atom. The second-order valence-electron chi connectivity index (χ2n) is 6.08. The first-order chi connectivity index (χ1) is 8.96. The van der Waals surface area contributed by atoms with Gasteiger partial charge in [0.25, 0.3) is 0 Å². The quantitative estimate of drug-likeness (QED) is 0.905. The molecule has 1 fully saturated rings. The van der Waals surface area contributed by atoms with Crippen LogP contribution >= 0.6 is 0 Å². The van der Waals surface area contributed by atoms with Crippen LogP contribution in [0.15, 0.2) is 18.2 Å². The molecule has 1 aromatic rings. The second-order valence-corrected chi connectivity index (χ2v) is 6.08. The van der Waals surface area contributed by atoms with Crippen molar-refractivity contribution >= 4 is 0 Å². The van der Waals surface area contributed by atoms with E-state index < -0.39 is 0 Å². The molecule has 1 aliphatic rings. The molecule has 1 saturated heterocycles. The number of nitrogens with one attached hydrogen (secondary N) is 1. The first-order valence-corrected chi connectivity index (χ1v) is 6.99. The zero-order valence-electron chi connectivity index (χ0n) is 12.5. The van der Waals surface area contributed by atoms with Crippen molar-refractivity contribution in [2.24, 2.45) is 0 Å². The lowest BCUT2D eigenvalue weighted by atomic mass is 10.1. The highest BCUT2D eigenvalue weighted by molar-refractivity contribution is 5.29. The Morgan fingerprint density at radius 1 is 1.37 bits per heavy atom. The Morgan fingerprint density at radius 2 is 2.16 bits per heavy atom. The van der Waals surface area contributed by atoms with Crippen molar-refractivity contribution in [1.29, 1.82) is 0 Å². The molecule has 0 radical (unpaired) electrons. The molecule has 1 atom stereocenters. The van der Waals surface area contributed by atoms with E-state index in [1.165, 1.54) is 16.7 Å². The zero-order chi connectivity index (χ0) is 13.9. The van der Waals surface area contributed by atoms with Gasteiger partial charge in [0.1, 0.15) is 0 Å². The number of hydrogen-bond donors (Lipinski definition) is 1. The molecule has 0 bridgehead atoms. The summed E-state index contributed by atoms with van der Waals surface area (Å²) in [4.78, 5) is 0. The molecular weight excluding hydrogens is 238 g/mol. The topological polar surface area (TPSA) is 30.5 Å². The highest BCUT2D eigenvalue weighted by Crippen LogP contribution is 2.16. The molecule has 1 aromatic carbocycles. The Hall–Kier alpha value is -0.900. The minimum absolute atomic E-state index is 0.0917. The van der Waals surface area contributed by atoms with E-state index in [2.05, 4.69) is 51.2 Å². The van der Waals surface area contributed by atoms with Gasteiger partial charge in [-0.2, -0.15) is 0 Å². The first-order valence-electron chi connectivity index (χ1n) is 6.99. The number of ether oxygens (including phenoxy) is 2. The van der Waals surface area contributed by atoms with Gasteiger partial charge >= 0.3 is 0 Å². The summed E-state index contributed by atoms with van der Waals surface area (Å²) >= 11 is 0. The van der Waals surface area contributed by atoms with E-state index in [0.717, 1.165) is 13.1 Å². The standard InChI is InChI=1S/C16H25NO2/c1-12-5-6-13(2)14(7-12)9-18-10-15-8-17-11-16(3,4)19-15/h5-7,15,17H,8-11H2,1-4H3. The molecule has 0 spiro atoms. The van der Waals surface area contributed by atoms with Gasteiger partial charge in [-0.1, -0.05) is 23.8 Å². The molecular formula is C16H25NO2. The third kappa shape index (κ3) is 4.30. The third-order valence-electron chi connectivity index (χ3n) is 3.47. The fraction of sp³-hybridized carbons (Fsp3) is 0.625. The van der Waals surface area contributed by atoms with E-state index in [4.69, 9.17) is 9.47 Å². The molecule has 0 saturated carbocycles. The summed E-state index contributed by atoms with van der Waals surface area (Å²) in [6.07, 6.45) is 0.147. The lowest BCUT2D eigenvalue weighted by Crippen LogP contribution is -2.51. The predicted octanol–water partition coefficient (Wildman–Crippen LogP) is 2.59. The fourth-order valence-electron chi connectivity index (χ4n) is 2.42. The van der Waals surface area contributed by atoms with Gasteiger partial charge in [0.2, 0.25) is 0 Å². The van der Waals surface area contributed by atoms with Crippen LogP contribution in [0.2, 0.25) is 0 Å². The van der Waals surface area contributed by atoms with Crippen molar-refractivity contribution in [2.75, 3.05) is 19.7 Å². The number of aryl methyl sites for hydroxylation is 2. The van der Waals surface area contributed by atoms with Gasteiger partial charge in [-0.15, -0.1) is 0 Å². The van der Waals surface area contributed by atoms with Crippen LogP contribution in [-0.2, 0) is 16.1 Å².